The lowest BCUT2D eigenvalue weighted by Gasteiger charge is -2.18. The van der Waals surface area contributed by atoms with Crippen molar-refractivity contribution in [1.29, 1.82) is 0 Å². The summed E-state index contributed by atoms with van der Waals surface area (Å²) < 4.78 is 5.56. The summed E-state index contributed by atoms with van der Waals surface area (Å²) in [4.78, 5) is 0. The van der Waals surface area contributed by atoms with Crippen LogP contribution in [0.3, 0.4) is 0 Å². The molecule has 0 aromatic carbocycles. The molecule has 13 heavy (non-hydrogen) atoms. The minimum Gasteiger partial charge on any atom is -0.374 e. The zero-order valence-corrected chi connectivity index (χ0v) is 8.37. The van der Waals surface area contributed by atoms with Gasteiger partial charge >= 0.3 is 0 Å². The van der Waals surface area contributed by atoms with Crippen molar-refractivity contribution in [2.24, 2.45) is 5.92 Å². The average Bonchev–Trinajstić information content (AvgIpc) is 2.69. The fourth-order valence-corrected chi connectivity index (χ4v) is 2.36. The maximum absolute atomic E-state index is 5.56. The molecule has 1 saturated heterocycles. The van der Waals surface area contributed by atoms with Crippen LogP contribution in [-0.2, 0) is 4.74 Å². The second-order valence-corrected chi connectivity index (χ2v) is 4.33. The first-order valence-corrected chi connectivity index (χ1v) is 5.75. The number of rotatable bonds is 2. The number of hydrogen-bond donors (Lipinski definition) is 0. The Morgan fingerprint density at radius 3 is 2.38 bits per heavy atom. The molecule has 2 aliphatic rings. The predicted molar refractivity (Wildman–Crippen MR) is 54.7 cm³/mol. The van der Waals surface area contributed by atoms with E-state index in [0.717, 1.165) is 12.5 Å². The Bertz CT molecular complexity index is 162. The summed E-state index contributed by atoms with van der Waals surface area (Å²) in [6.45, 7) is 0.972. The highest BCUT2D eigenvalue weighted by Gasteiger charge is 2.14. The van der Waals surface area contributed by atoms with Crippen LogP contribution in [-0.4, -0.2) is 12.7 Å². The third-order valence-corrected chi connectivity index (χ3v) is 3.21. The van der Waals surface area contributed by atoms with Gasteiger partial charge in [-0.3, -0.25) is 0 Å². The Balaban J connectivity index is 1.74. The quantitative estimate of drug-likeness (QED) is 0.592. The molecule has 0 radical (unpaired) electrons. The van der Waals surface area contributed by atoms with Gasteiger partial charge in [0.25, 0.3) is 0 Å². The molecule has 1 heteroatoms. The highest BCUT2D eigenvalue weighted by atomic mass is 16.5. The molecule has 1 nitrogen and oxygen atoms in total. The SMILES string of the molecule is C(=C\C1CCCO1)/C1CCCCC1. The summed E-state index contributed by atoms with van der Waals surface area (Å²) >= 11 is 0. The van der Waals surface area contributed by atoms with Crippen molar-refractivity contribution in [2.45, 2.75) is 51.0 Å². The first kappa shape index (κ1) is 9.26. The highest BCUT2D eigenvalue weighted by molar-refractivity contribution is 4.96. The van der Waals surface area contributed by atoms with Crippen molar-refractivity contribution in [1.82, 2.24) is 0 Å². The number of allylic oxidation sites excluding steroid dienone is 1. The fourth-order valence-electron chi connectivity index (χ4n) is 2.36. The molecule has 0 aromatic heterocycles. The van der Waals surface area contributed by atoms with E-state index in [1.807, 2.05) is 0 Å². The van der Waals surface area contributed by atoms with Gasteiger partial charge in [0.15, 0.2) is 0 Å². The standard InChI is InChI=1S/C12H20O/c1-2-5-11(6-3-1)8-9-12-7-4-10-13-12/h8-9,11-12H,1-7,10H2/b9-8+. The molecule has 0 spiro atoms. The average molecular weight is 180 g/mol. The molecular weight excluding hydrogens is 160 g/mol. The lowest BCUT2D eigenvalue weighted by molar-refractivity contribution is 0.145. The summed E-state index contributed by atoms with van der Waals surface area (Å²) in [5.41, 5.74) is 0. The van der Waals surface area contributed by atoms with Gasteiger partial charge in [-0.05, 0) is 31.6 Å². The number of ether oxygens (including phenoxy) is 1. The van der Waals surface area contributed by atoms with E-state index >= 15 is 0 Å². The molecule has 0 N–H and O–H groups in total. The van der Waals surface area contributed by atoms with Crippen LogP contribution in [0.4, 0.5) is 0 Å². The van der Waals surface area contributed by atoms with E-state index in [9.17, 15) is 0 Å². The van der Waals surface area contributed by atoms with Crippen LogP contribution in [0.15, 0.2) is 12.2 Å². The topological polar surface area (TPSA) is 9.23 Å². The molecule has 1 atom stereocenters. The molecule has 0 amide bonds. The third-order valence-electron chi connectivity index (χ3n) is 3.21. The van der Waals surface area contributed by atoms with Gasteiger partial charge in [-0.15, -0.1) is 0 Å². The smallest absolute Gasteiger partial charge is 0.0756 e. The summed E-state index contributed by atoms with van der Waals surface area (Å²) in [5, 5.41) is 0. The number of hydrogen-bond acceptors (Lipinski definition) is 1. The van der Waals surface area contributed by atoms with Gasteiger partial charge < -0.3 is 4.74 Å². The van der Waals surface area contributed by atoms with Gasteiger partial charge in [0.2, 0.25) is 0 Å². The maximum atomic E-state index is 5.56. The molecule has 2 rings (SSSR count). The van der Waals surface area contributed by atoms with E-state index in [4.69, 9.17) is 4.74 Å². The molecule has 1 heterocycles. The molecular formula is C12H20O. The van der Waals surface area contributed by atoms with E-state index < -0.39 is 0 Å². The Kier molecular flexibility index (Phi) is 3.42. The van der Waals surface area contributed by atoms with E-state index in [1.165, 1.54) is 44.9 Å². The van der Waals surface area contributed by atoms with Crippen LogP contribution in [0.5, 0.6) is 0 Å². The molecule has 1 unspecified atom stereocenters. The zero-order valence-electron chi connectivity index (χ0n) is 8.37. The molecule has 2 fully saturated rings. The van der Waals surface area contributed by atoms with Crippen LogP contribution >= 0.6 is 0 Å². The highest BCUT2D eigenvalue weighted by Crippen LogP contribution is 2.25. The lowest BCUT2D eigenvalue weighted by Crippen LogP contribution is -2.05. The summed E-state index contributed by atoms with van der Waals surface area (Å²) in [6, 6.07) is 0. The van der Waals surface area contributed by atoms with Crippen molar-refractivity contribution >= 4 is 0 Å². The van der Waals surface area contributed by atoms with Crippen molar-refractivity contribution in [2.75, 3.05) is 6.61 Å². The van der Waals surface area contributed by atoms with Gasteiger partial charge in [-0.25, -0.2) is 0 Å². The molecule has 0 aromatic rings. The monoisotopic (exact) mass is 180 g/mol. The Morgan fingerprint density at radius 1 is 0.846 bits per heavy atom. The second-order valence-electron chi connectivity index (χ2n) is 4.33. The normalized spacial score (nSPS) is 31.5. The van der Waals surface area contributed by atoms with Gasteiger partial charge in [-0.1, -0.05) is 31.4 Å². The van der Waals surface area contributed by atoms with Crippen LogP contribution in [0, 0.1) is 5.92 Å². The summed E-state index contributed by atoms with van der Waals surface area (Å²) in [5.74, 6) is 0.859. The molecule has 1 aliphatic heterocycles. The third kappa shape index (κ3) is 2.84. The lowest BCUT2D eigenvalue weighted by atomic mass is 9.89. The van der Waals surface area contributed by atoms with Gasteiger partial charge in [0, 0.05) is 6.61 Å². The largest absolute Gasteiger partial charge is 0.374 e. The van der Waals surface area contributed by atoms with Gasteiger partial charge in [-0.2, -0.15) is 0 Å². The first-order valence-electron chi connectivity index (χ1n) is 5.75. The Hall–Kier alpha value is -0.300. The van der Waals surface area contributed by atoms with Crippen LogP contribution in [0.25, 0.3) is 0 Å². The summed E-state index contributed by atoms with van der Waals surface area (Å²) in [7, 11) is 0. The van der Waals surface area contributed by atoms with Crippen molar-refractivity contribution < 1.29 is 4.74 Å². The van der Waals surface area contributed by atoms with E-state index in [-0.39, 0.29) is 0 Å². The Labute approximate surface area is 81.2 Å². The van der Waals surface area contributed by atoms with Crippen molar-refractivity contribution in [3.05, 3.63) is 12.2 Å². The fraction of sp³-hybridized carbons (Fsp3) is 0.833. The molecule has 1 aliphatic carbocycles. The summed E-state index contributed by atoms with van der Waals surface area (Å²) in [6.07, 6.45) is 14.8. The maximum Gasteiger partial charge on any atom is 0.0756 e. The van der Waals surface area contributed by atoms with E-state index in [0.29, 0.717) is 6.10 Å². The molecule has 0 bridgehead atoms. The van der Waals surface area contributed by atoms with E-state index in [2.05, 4.69) is 12.2 Å². The first-order chi connectivity index (χ1) is 6.45. The van der Waals surface area contributed by atoms with Crippen LogP contribution < -0.4 is 0 Å². The minimum absolute atomic E-state index is 0.446. The predicted octanol–water partition coefficient (Wildman–Crippen LogP) is 3.30. The molecule has 1 saturated carbocycles. The van der Waals surface area contributed by atoms with Gasteiger partial charge in [0.05, 0.1) is 6.10 Å². The van der Waals surface area contributed by atoms with Crippen molar-refractivity contribution in [3.8, 4) is 0 Å². The second kappa shape index (κ2) is 4.80. The van der Waals surface area contributed by atoms with Crippen LogP contribution in [0.2, 0.25) is 0 Å². The van der Waals surface area contributed by atoms with Crippen LogP contribution in [0.1, 0.15) is 44.9 Å². The van der Waals surface area contributed by atoms with E-state index in [1.54, 1.807) is 0 Å². The molecule has 74 valence electrons. The minimum atomic E-state index is 0.446. The van der Waals surface area contributed by atoms with Gasteiger partial charge in [0.1, 0.15) is 0 Å². The zero-order chi connectivity index (χ0) is 8.93. The Morgan fingerprint density at radius 2 is 1.69 bits per heavy atom. The van der Waals surface area contributed by atoms with Crippen molar-refractivity contribution in [3.63, 3.8) is 0 Å².